The van der Waals surface area contributed by atoms with Crippen molar-refractivity contribution in [2.75, 3.05) is 39.3 Å². The SMILES string of the molecule is CCN1CCN(C(=O)c2ccc(C#CCCO)s2)CC1. The molecule has 1 aliphatic rings. The summed E-state index contributed by atoms with van der Waals surface area (Å²) in [5.41, 5.74) is 0. The van der Waals surface area contributed by atoms with Crippen molar-refractivity contribution >= 4 is 17.2 Å². The smallest absolute Gasteiger partial charge is 0.264 e. The van der Waals surface area contributed by atoms with Crippen molar-refractivity contribution in [2.45, 2.75) is 13.3 Å². The van der Waals surface area contributed by atoms with Crippen LogP contribution in [0.15, 0.2) is 12.1 Å². The van der Waals surface area contributed by atoms with E-state index in [9.17, 15) is 4.79 Å². The molecule has 0 spiro atoms. The summed E-state index contributed by atoms with van der Waals surface area (Å²) in [6, 6.07) is 3.73. The first kappa shape index (κ1) is 15.0. The molecule has 0 atom stereocenters. The van der Waals surface area contributed by atoms with E-state index < -0.39 is 0 Å². The number of hydrogen-bond acceptors (Lipinski definition) is 4. The van der Waals surface area contributed by atoms with Crippen LogP contribution >= 0.6 is 11.3 Å². The molecule has 20 heavy (non-hydrogen) atoms. The van der Waals surface area contributed by atoms with Gasteiger partial charge in [-0.3, -0.25) is 4.79 Å². The fourth-order valence-electron chi connectivity index (χ4n) is 2.15. The summed E-state index contributed by atoms with van der Waals surface area (Å²) in [7, 11) is 0. The number of carbonyl (C=O) groups excluding carboxylic acids is 1. The van der Waals surface area contributed by atoms with Gasteiger partial charge < -0.3 is 14.9 Å². The zero-order valence-electron chi connectivity index (χ0n) is 11.8. The molecule has 2 rings (SSSR count). The normalized spacial score (nSPS) is 15.8. The lowest BCUT2D eigenvalue weighted by atomic mass is 10.3. The number of amides is 1. The van der Waals surface area contributed by atoms with Gasteiger partial charge in [0.25, 0.3) is 5.91 Å². The highest BCUT2D eigenvalue weighted by atomic mass is 32.1. The number of nitrogens with zero attached hydrogens (tertiary/aromatic N) is 2. The number of aliphatic hydroxyl groups is 1. The van der Waals surface area contributed by atoms with Gasteiger partial charge in [-0.2, -0.15) is 0 Å². The first-order valence-electron chi connectivity index (χ1n) is 6.95. The van der Waals surface area contributed by atoms with Gasteiger partial charge >= 0.3 is 0 Å². The quantitative estimate of drug-likeness (QED) is 0.853. The molecule has 1 aliphatic heterocycles. The molecule has 0 aliphatic carbocycles. The number of rotatable bonds is 3. The molecule has 1 aromatic heterocycles. The summed E-state index contributed by atoms with van der Waals surface area (Å²) < 4.78 is 0. The Morgan fingerprint density at radius 3 is 2.75 bits per heavy atom. The zero-order valence-corrected chi connectivity index (χ0v) is 12.6. The summed E-state index contributed by atoms with van der Waals surface area (Å²) in [4.78, 5) is 18.3. The summed E-state index contributed by atoms with van der Waals surface area (Å²) in [5.74, 6) is 5.96. The fourth-order valence-corrected chi connectivity index (χ4v) is 3.00. The van der Waals surface area contributed by atoms with Crippen molar-refractivity contribution < 1.29 is 9.90 Å². The summed E-state index contributed by atoms with van der Waals surface area (Å²) in [5, 5.41) is 8.69. The van der Waals surface area contributed by atoms with E-state index in [1.54, 1.807) is 0 Å². The van der Waals surface area contributed by atoms with Gasteiger partial charge in [-0.25, -0.2) is 0 Å². The lowest BCUT2D eigenvalue weighted by molar-refractivity contribution is 0.0648. The molecule has 0 radical (unpaired) electrons. The van der Waals surface area contributed by atoms with Crippen molar-refractivity contribution in [3.63, 3.8) is 0 Å². The van der Waals surface area contributed by atoms with E-state index in [2.05, 4.69) is 23.7 Å². The van der Waals surface area contributed by atoms with Crippen molar-refractivity contribution in [1.29, 1.82) is 0 Å². The van der Waals surface area contributed by atoms with E-state index in [1.807, 2.05) is 17.0 Å². The highest BCUT2D eigenvalue weighted by molar-refractivity contribution is 7.14. The second-order valence-corrected chi connectivity index (χ2v) is 5.75. The Hall–Kier alpha value is -1.35. The summed E-state index contributed by atoms with van der Waals surface area (Å²) in [6.45, 7) is 6.78. The van der Waals surface area contributed by atoms with Crippen LogP contribution in [0, 0.1) is 11.8 Å². The Morgan fingerprint density at radius 2 is 2.10 bits per heavy atom. The summed E-state index contributed by atoms with van der Waals surface area (Å²) >= 11 is 1.43. The van der Waals surface area contributed by atoms with E-state index in [1.165, 1.54) is 11.3 Å². The molecular weight excluding hydrogens is 272 g/mol. The van der Waals surface area contributed by atoms with E-state index in [0.29, 0.717) is 6.42 Å². The lowest BCUT2D eigenvalue weighted by Crippen LogP contribution is -2.48. The third-order valence-electron chi connectivity index (χ3n) is 3.37. The molecule has 0 saturated carbocycles. The first-order chi connectivity index (χ1) is 9.74. The van der Waals surface area contributed by atoms with Crippen LogP contribution in [0.3, 0.4) is 0 Å². The Labute approximate surface area is 124 Å². The van der Waals surface area contributed by atoms with Crippen LogP contribution in [0.2, 0.25) is 0 Å². The van der Waals surface area contributed by atoms with Gasteiger partial charge in [-0.1, -0.05) is 18.8 Å². The molecule has 1 saturated heterocycles. The Morgan fingerprint density at radius 1 is 1.35 bits per heavy atom. The molecule has 0 bridgehead atoms. The average molecular weight is 292 g/mol. The highest BCUT2D eigenvalue weighted by Gasteiger charge is 2.22. The van der Waals surface area contributed by atoms with Crippen LogP contribution in [0.5, 0.6) is 0 Å². The van der Waals surface area contributed by atoms with Crippen LogP contribution in [0.4, 0.5) is 0 Å². The number of hydrogen-bond donors (Lipinski definition) is 1. The molecule has 108 valence electrons. The largest absolute Gasteiger partial charge is 0.395 e. The standard InChI is InChI=1S/C15H20N2O2S/c1-2-16-8-10-17(11-9-16)15(19)14-7-6-13(20-14)5-3-4-12-18/h6-7,18H,2,4,8-12H2,1H3. The summed E-state index contributed by atoms with van der Waals surface area (Å²) in [6.07, 6.45) is 0.472. The topological polar surface area (TPSA) is 43.8 Å². The van der Waals surface area contributed by atoms with E-state index in [-0.39, 0.29) is 12.5 Å². The molecule has 5 heteroatoms. The Bertz CT molecular complexity index is 507. The molecule has 2 heterocycles. The van der Waals surface area contributed by atoms with E-state index >= 15 is 0 Å². The van der Waals surface area contributed by atoms with Crippen LogP contribution in [-0.4, -0.2) is 60.1 Å². The maximum atomic E-state index is 12.4. The highest BCUT2D eigenvalue weighted by Crippen LogP contribution is 2.18. The van der Waals surface area contributed by atoms with Crippen molar-refractivity contribution in [3.8, 4) is 11.8 Å². The number of carbonyl (C=O) groups is 1. The fraction of sp³-hybridized carbons (Fsp3) is 0.533. The van der Waals surface area contributed by atoms with Gasteiger partial charge in [0.05, 0.1) is 16.4 Å². The maximum absolute atomic E-state index is 12.4. The van der Waals surface area contributed by atoms with Gasteiger partial charge in [0.15, 0.2) is 0 Å². The molecule has 1 N–H and O–H groups in total. The minimum atomic E-state index is 0.0753. The Kier molecular flexibility index (Phi) is 5.60. The van der Waals surface area contributed by atoms with Gasteiger partial charge in [0.2, 0.25) is 0 Å². The third kappa shape index (κ3) is 3.83. The van der Waals surface area contributed by atoms with E-state index in [0.717, 1.165) is 42.5 Å². The van der Waals surface area contributed by atoms with E-state index in [4.69, 9.17) is 5.11 Å². The molecular formula is C15H20N2O2S. The molecule has 4 nitrogen and oxygen atoms in total. The molecule has 0 unspecified atom stereocenters. The molecule has 1 fully saturated rings. The second-order valence-electron chi connectivity index (χ2n) is 4.67. The minimum absolute atomic E-state index is 0.0753. The number of thiophene rings is 1. The molecule has 1 aromatic rings. The predicted octanol–water partition coefficient (Wildman–Crippen LogP) is 1.26. The van der Waals surface area contributed by atoms with Crippen molar-refractivity contribution in [3.05, 3.63) is 21.9 Å². The Balaban J connectivity index is 1.95. The maximum Gasteiger partial charge on any atom is 0.264 e. The van der Waals surface area contributed by atoms with Crippen molar-refractivity contribution in [1.82, 2.24) is 9.80 Å². The van der Waals surface area contributed by atoms with Gasteiger partial charge in [-0.05, 0) is 18.7 Å². The van der Waals surface area contributed by atoms with Gasteiger partial charge in [0.1, 0.15) is 0 Å². The minimum Gasteiger partial charge on any atom is -0.395 e. The average Bonchev–Trinajstić information content (AvgIpc) is 2.96. The van der Waals surface area contributed by atoms with Crippen LogP contribution in [-0.2, 0) is 0 Å². The number of aliphatic hydroxyl groups excluding tert-OH is 1. The predicted molar refractivity (Wildman–Crippen MR) is 80.9 cm³/mol. The lowest BCUT2D eigenvalue weighted by Gasteiger charge is -2.33. The van der Waals surface area contributed by atoms with Crippen LogP contribution in [0.1, 0.15) is 27.9 Å². The number of likely N-dealkylation sites (N-methyl/N-ethyl adjacent to an activating group) is 1. The van der Waals surface area contributed by atoms with Crippen LogP contribution < -0.4 is 0 Å². The molecule has 0 aromatic carbocycles. The van der Waals surface area contributed by atoms with Crippen LogP contribution in [0.25, 0.3) is 0 Å². The molecule has 1 amide bonds. The van der Waals surface area contributed by atoms with Gasteiger partial charge in [0, 0.05) is 32.6 Å². The first-order valence-corrected chi connectivity index (χ1v) is 7.77. The number of piperazine rings is 1. The van der Waals surface area contributed by atoms with Gasteiger partial charge in [-0.15, -0.1) is 11.3 Å². The monoisotopic (exact) mass is 292 g/mol. The second kappa shape index (κ2) is 7.44. The zero-order chi connectivity index (χ0) is 14.4. The van der Waals surface area contributed by atoms with Crippen molar-refractivity contribution in [2.24, 2.45) is 0 Å². The third-order valence-corrected chi connectivity index (χ3v) is 4.36.